The standard InChI is InChI=1S/C49H46BF3N8O5/c51-42-21-14-34(30-44-39-7-3-4-8-40(39)48(64)58-57-44)29-41(42)49(65)60-27-25-59(26-28-60)47(63)10-2-1-5-23-55-46(62)32-66-38-19-12-33(13-20-38)11-15-35-16-17-36(56-35)31-37-18-22-45(61(37)50(52)53)43-9-6-24-54-43/h3-4,6-9,11-22,24,29,31H,1-2,5,10,23,25-28,30,32H2,(H3,54,55,56,58,62,64)/p+1. The smallest absolute Gasteiger partial charge is 0.484 e. The summed E-state index contributed by atoms with van der Waals surface area (Å²) in [6.45, 7) is 1.58. The van der Waals surface area contributed by atoms with Gasteiger partial charge in [-0.3, -0.25) is 19.2 Å². The van der Waals surface area contributed by atoms with Crippen molar-refractivity contribution in [1.82, 2.24) is 35.3 Å². The Hall–Kier alpha value is -7.69. The van der Waals surface area contributed by atoms with Crippen molar-refractivity contribution in [1.29, 1.82) is 0 Å². The highest BCUT2D eigenvalue weighted by molar-refractivity contribution is 6.36. The predicted octanol–water partition coefficient (Wildman–Crippen LogP) is 6.86. The Balaban J connectivity index is 0.704. The number of allylic oxidation sites excluding steroid dienone is 2. The largest absolute Gasteiger partial charge is 0.935 e. The first-order valence-corrected chi connectivity index (χ1v) is 21.8. The minimum Gasteiger partial charge on any atom is -0.484 e. The average Bonchev–Trinajstić information content (AvgIpc) is 4.13. The Morgan fingerprint density at radius 1 is 0.848 bits per heavy atom. The van der Waals surface area contributed by atoms with Crippen LogP contribution in [0.1, 0.15) is 69.9 Å². The molecule has 1 fully saturated rings. The molecule has 4 N–H and O–H groups in total. The first kappa shape index (κ1) is 44.9. The number of piperazine rings is 1. The van der Waals surface area contributed by atoms with Crippen LogP contribution < -0.4 is 15.6 Å². The fraction of sp³-hybridized carbons (Fsp3) is 0.224. The van der Waals surface area contributed by atoms with Gasteiger partial charge in [0.2, 0.25) is 11.6 Å². The summed E-state index contributed by atoms with van der Waals surface area (Å²) >= 11 is 0. The maximum atomic E-state index is 14.9. The lowest BCUT2D eigenvalue weighted by Crippen LogP contribution is -2.50. The summed E-state index contributed by atoms with van der Waals surface area (Å²) < 4.78 is 49.5. The number of fused-ring (bicyclic) bond motifs is 1. The molecule has 6 aromatic rings. The van der Waals surface area contributed by atoms with E-state index in [0.717, 1.165) is 22.2 Å². The van der Waals surface area contributed by atoms with Gasteiger partial charge in [0.05, 0.1) is 16.6 Å². The molecule has 0 aliphatic carbocycles. The van der Waals surface area contributed by atoms with E-state index in [1.807, 2.05) is 42.5 Å². The fourth-order valence-corrected chi connectivity index (χ4v) is 7.98. The van der Waals surface area contributed by atoms with Gasteiger partial charge < -0.3 is 29.8 Å². The Kier molecular flexibility index (Phi) is 14.2. The average molecular weight is 896 g/mol. The Morgan fingerprint density at radius 2 is 1.62 bits per heavy atom. The number of amides is 3. The van der Waals surface area contributed by atoms with Crippen molar-refractivity contribution in [3.63, 3.8) is 0 Å². The lowest BCUT2D eigenvalue weighted by Gasteiger charge is -2.35. The van der Waals surface area contributed by atoms with Gasteiger partial charge in [0.1, 0.15) is 17.3 Å². The summed E-state index contributed by atoms with van der Waals surface area (Å²) in [5, 5.41) is 10.7. The van der Waals surface area contributed by atoms with E-state index >= 15 is 0 Å². The van der Waals surface area contributed by atoms with E-state index in [9.17, 15) is 32.2 Å². The zero-order valence-corrected chi connectivity index (χ0v) is 35.9. The SMILES string of the molecule is O=C(COc1ccc(C=Cc2ccc(C=C3C=CC(c4ccc[nH]4)=[N+]3B(F)F)[nH]2)cc1)NCCCCCC(=O)N1CCN(C(=O)c2cc(Cc3n[nH]c(=O)c4ccccc34)ccc2F)CC1. The van der Waals surface area contributed by atoms with Crippen molar-refractivity contribution in [3.8, 4) is 5.75 Å². The molecule has 0 bridgehead atoms. The predicted molar refractivity (Wildman–Crippen MR) is 247 cm³/mol. The number of aromatic nitrogens is 4. The number of hydrogen-bond donors (Lipinski definition) is 4. The summed E-state index contributed by atoms with van der Waals surface area (Å²) in [6, 6.07) is 26.0. The molecule has 2 aliphatic rings. The Labute approximate surface area is 378 Å². The van der Waals surface area contributed by atoms with Crippen LogP contribution in [-0.4, -0.2) is 105 Å². The van der Waals surface area contributed by atoms with Gasteiger partial charge in [-0.2, -0.15) is 5.10 Å². The topological polar surface area (TPSA) is 159 Å². The molecule has 3 aromatic heterocycles. The molecule has 0 spiro atoms. The van der Waals surface area contributed by atoms with E-state index < -0.39 is 19.1 Å². The second-order valence-electron chi connectivity index (χ2n) is 15.9. The molecule has 3 amide bonds. The van der Waals surface area contributed by atoms with Gasteiger partial charge in [-0.15, -0.1) is 0 Å². The zero-order chi connectivity index (χ0) is 46.0. The minimum absolute atomic E-state index is 0.00840. The Morgan fingerprint density at radius 3 is 2.39 bits per heavy atom. The molecule has 66 heavy (non-hydrogen) atoms. The number of hydrogen-bond acceptors (Lipinski definition) is 6. The molecule has 0 radical (unpaired) electrons. The molecule has 0 atom stereocenters. The second-order valence-corrected chi connectivity index (χ2v) is 15.9. The van der Waals surface area contributed by atoms with Gasteiger partial charge in [0.15, 0.2) is 12.3 Å². The van der Waals surface area contributed by atoms with Crippen molar-refractivity contribution >= 4 is 59.8 Å². The van der Waals surface area contributed by atoms with Crippen LogP contribution in [0.4, 0.5) is 13.0 Å². The quantitative estimate of drug-likeness (QED) is 0.0579. The lowest BCUT2D eigenvalue weighted by atomic mass is 10.0. The molecule has 336 valence electrons. The summed E-state index contributed by atoms with van der Waals surface area (Å²) in [6.07, 6.45) is 13.2. The summed E-state index contributed by atoms with van der Waals surface area (Å²) in [4.78, 5) is 60.5. The molecular formula is C49H47BF3N8O5+. The van der Waals surface area contributed by atoms with Crippen LogP contribution in [0.3, 0.4) is 0 Å². The van der Waals surface area contributed by atoms with Gasteiger partial charge in [0, 0.05) is 86.8 Å². The number of rotatable bonds is 17. The number of H-pyrrole nitrogens is 3. The molecule has 17 heteroatoms. The van der Waals surface area contributed by atoms with E-state index in [0.29, 0.717) is 95.9 Å². The highest BCUT2D eigenvalue weighted by atomic mass is 19.2. The third kappa shape index (κ3) is 11.0. The van der Waals surface area contributed by atoms with Gasteiger partial charge in [0.25, 0.3) is 17.4 Å². The number of halogens is 3. The van der Waals surface area contributed by atoms with Crippen LogP contribution in [0.2, 0.25) is 0 Å². The Bertz CT molecular complexity index is 2900. The molecule has 0 saturated carbocycles. The highest BCUT2D eigenvalue weighted by Gasteiger charge is 2.42. The van der Waals surface area contributed by atoms with Gasteiger partial charge in [-0.05, 0) is 84.6 Å². The molecular weight excluding hydrogens is 848 g/mol. The second kappa shape index (κ2) is 20.9. The van der Waals surface area contributed by atoms with Gasteiger partial charge >= 0.3 is 7.40 Å². The maximum absolute atomic E-state index is 14.9. The number of ether oxygens (including phenoxy) is 1. The zero-order valence-electron chi connectivity index (χ0n) is 35.9. The van der Waals surface area contributed by atoms with Crippen LogP contribution in [0, 0.1) is 5.82 Å². The van der Waals surface area contributed by atoms with Crippen LogP contribution in [-0.2, 0) is 16.0 Å². The number of aromatic amines is 3. The van der Waals surface area contributed by atoms with E-state index in [4.69, 9.17) is 4.74 Å². The number of nitrogens with one attached hydrogen (secondary N) is 4. The van der Waals surface area contributed by atoms with Crippen molar-refractivity contribution in [2.24, 2.45) is 0 Å². The number of unbranched alkanes of at least 4 members (excludes halogenated alkanes) is 2. The molecule has 3 aromatic carbocycles. The van der Waals surface area contributed by atoms with Crippen LogP contribution in [0.5, 0.6) is 5.75 Å². The molecule has 5 heterocycles. The van der Waals surface area contributed by atoms with Gasteiger partial charge in [-0.25, -0.2) is 22.6 Å². The third-order valence-corrected chi connectivity index (χ3v) is 11.5. The van der Waals surface area contributed by atoms with E-state index in [1.165, 1.54) is 12.1 Å². The van der Waals surface area contributed by atoms with Crippen LogP contribution in [0.15, 0.2) is 120 Å². The molecule has 8 rings (SSSR count). The van der Waals surface area contributed by atoms with Crippen LogP contribution >= 0.6 is 0 Å². The van der Waals surface area contributed by atoms with Crippen LogP contribution in [0.25, 0.3) is 29.0 Å². The number of carbonyl (C=O) groups excluding carboxylic acids is 3. The van der Waals surface area contributed by atoms with Gasteiger partial charge in [-0.1, -0.05) is 48.9 Å². The molecule has 2 aliphatic heterocycles. The minimum atomic E-state index is -2.71. The summed E-state index contributed by atoms with van der Waals surface area (Å²) in [7, 11) is -2.71. The number of benzene rings is 3. The molecule has 0 unspecified atom stereocenters. The monoisotopic (exact) mass is 895 g/mol. The number of nitrogens with zero attached hydrogens (tertiary/aromatic N) is 4. The summed E-state index contributed by atoms with van der Waals surface area (Å²) in [5.41, 5.74) is 4.69. The molecule has 1 saturated heterocycles. The van der Waals surface area contributed by atoms with E-state index in [-0.39, 0.29) is 42.6 Å². The van der Waals surface area contributed by atoms with E-state index in [2.05, 4.69) is 25.5 Å². The van der Waals surface area contributed by atoms with Crippen molar-refractivity contribution in [2.45, 2.75) is 32.1 Å². The maximum Gasteiger partial charge on any atom is 0.935 e. The normalized spacial score (nSPS) is 14.5. The third-order valence-electron chi connectivity index (χ3n) is 11.5. The van der Waals surface area contributed by atoms with Crippen molar-refractivity contribution < 1.29 is 36.6 Å². The first-order chi connectivity index (χ1) is 32.1. The number of carbonyl (C=O) groups is 3. The fourth-order valence-electron chi connectivity index (χ4n) is 7.98. The van der Waals surface area contributed by atoms with Crippen molar-refractivity contribution in [2.75, 3.05) is 39.3 Å². The van der Waals surface area contributed by atoms with Crippen molar-refractivity contribution in [3.05, 3.63) is 171 Å². The van der Waals surface area contributed by atoms with E-state index in [1.54, 1.807) is 82.8 Å². The summed E-state index contributed by atoms with van der Waals surface area (Å²) in [5.74, 6) is -0.796. The molecule has 13 nitrogen and oxygen atoms in total. The highest BCUT2D eigenvalue weighted by Crippen LogP contribution is 2.23. The lowest BCUT2D eigenvalue weighted by molar-refractivity contribution is -0.340. The first-order valence-electron chi connectivity index (χ1n) is 21.8.